The van der Waals surface area contributed by atoms with Gasteiger partial charge in [0, 0.05) is 30.2 Å². The van der Waals surface area contributed by atoms with E-state index in [0.717, 1.165) is 42.2 Å². The summed E-state index contributed by atoms with van der Waals surface area (Å²) < 4.78 is 7.27. The zero-order chi connectivity index (χ0) is 25.7. The summed E-state index contributed by atoms with van der Waals surface area (Å²) in [6, 6.07) is 15.4. The van der Waals surface area contributed by atoms with Crippen molar-refractivity contribution in [2.24, 2.45) is 0 Å². The van der Waals surface area contributed by atoms with E-state index in [-0.39, 0.29) is 5.91 Å². The number of nitrogens with one attached hydrogen (secondary N) is 2. The molecule has 1 atom stereocenters. The molecule has 1 aromatic heterocycles. The van der Waals surface area contributed by atoms with Crippen LogP contribution in [0.4, 0.5) is 17.3 Å². The monoisotopic (exact) mass is 506 g/mol. The third kappa shape index (κ3) is 5.21. The molecule has 0 aliphatic carbocycles. The number of para-hydroxylation sites is 2. The molecule has 3 aromatic rings. The molecule has 1 aliphatic heterocycles. The Bertz CT molecular complexity index is 1230. The molecule has 4 rings (SSSR count). The Labute approximate surface area is 217 Å². The third-order valence-electron chi connectivity index (χ3n) is 6.21. The first kappa shape index (κ1) is 25.6. The molecule has 0 spiro atoms. The van der Waals surface area contributed by atoms with Gasteiger partial charge in [-0.3, -0.25) is 4.79 Å². The van der Waals surface area contributed by atoms with Gasteiger partial charge in [0.25, 0.3) is 5.91 Å². The summed E-state index contributed by atoms with van der Waals surface area (Å²) in [4.78, 5) is 20.7. The number of hydrogen-bond acceptors (Lipinski definition) is 7. The molecule has 2 heterocycles. The van der Waals surface area contributed by atoms with E-state index in [2.05, 4.69) is 60.6 Å². The van der Waals surface area contributed by atoms with Crippen molar-refractivity contribution in [1.82, 2.24) is 14.8 Å². The molecule has 1 aliphatic rings. The molecule has 1 unspecified atom stereocenters. The predicted molar refractivity (Wildman–Crippen MR) is 147 cm³/mol. The molecule has 0 radical (unpaired) electrons. The zero-order valence-corrected chi connectivity index (χ0v) is 22.4. The molecule has 1 amide bonds. The fourth-order valence-corrected chi connectivity index (χ4v) is 5.07. The summed E-state index contributed by atoms with van der Waals surface area (Å²) in [6.45, 7) is 10.2. The number of aromatic nitrogens is 3. The van der Waals surface area contributed by atoms with E-state index < -0.39 is 6.04 Å². The molecule has 190 valence electrons. The number of rotatable bonds is 10. The van der Waals surface area contributed by atoms with E-state index in [1.165, 1.54) is 0 Å². The van der Waals surface area contributed by atoms with E-state index in [4.69, 9.17) is 14.8 Å². The van der Waals surface area contributed by atoms with Crippen LogP contribution < -0.4 is 20.3 Å². The van der Waals surface area contributed by atoms with Crippen molar-refractivity contribution in [3.63, 3.8) is 0 Å². The zero-order valence-electron chi connectivity index (χ0n) is 21.5. The minimum Gasteiger partial charge on any atom is -0.495 e. The van der Waals surface area contributed by atoms with Gasteiger partial charge in [0.15, 0.2) is 0 Å². The number of anilines is 3. The van der Waals surface area contributed by atoms with Crippen LogP contribution in [0.15, 0.2) is 65.0 Å². The molecule has 36 heavy (non-hydrogen) atoms. The molecule has 8 nitrogen and oxygen atoms in total. The van der Waals surface area contributed by atoms with E-state index >= 15 is 0 Å². The molecule has 0 bridgehead atoms. The quantitative estimate of drug-likeness (QED) is 0.348. The van der Waals surface area contributed by atoms with Crippen LogP contribution in [-0.4, -0.2) is 46.6 Å². The van der Waals surface area contributed by atoms with Crippen molar-refractivity contribution in [3.8, 4) is 5.75 Å². The van der Waals surface area contributed by atoms with Gasteiger partial charge >= 0.3 is 0 Å². The van der Waals surface area contributed by atoms with Gasteiger partial charge in [-0.2, -0.15) is 4.98 Å². The summed E-state index contributed by atoms with van der Waals surface area (Å²) in [6.07, 6.45) is 1.03. The predicted octanol–water partition coefficient (Wildman–Crippen LogP) is 5.56. The number of benzene rings is 2. The van der Waals surface area contributed by atoms with Gasteiger partial charge in [-0.1, -0.05) is 43.0 Å². The van der Waals surface area contributed by atoms with E-state index in [1.807, 2.05) is 35.9 Å². The number of thioether (sulfide) groups is 1. The molecular weight excluding hydrogens is 472 g/mol. The molecule has 2 aromatic carbocycles. The highest BCUT2D eigenvalue weighted by atomic mass is 32.2. The lowest BCUT2D eigenvalue weighted by atomic mass is 9.94. The topological polar surface area (TPSA) is 84.3 Å². The summed E-state index contributed by atoms with van der Waals surface area (Å²) >= 11 is 1.62. The largest absolute Gasteiger partial charge is 0.495 e. The molecule has 0 fully saturated rings. The normalized spacial score (nSPS) is 14.8. The Balaban J connectivity index is 1.75. The fraction of sp³-hybridized carbons (Fsp3) is 0.370. The minimum atomic E-state index is -0.426. The van der Waals surface area contributed by atoms with Crippen molar-refractivity contribution >= 4 is 35.0 Å². The molecule has 9 heteroatoms. The number of amides is 1. The number of fused-ring (bicyclic) bond motifs is 1. The van der Waals surface area contributed by atoms with Gasteiger partial charge in [0.1, 0.15) is 11.8 Å². The Hall–Kier alpha value is -3.46. The smallest absolute Gasteiger partial charge is 0.255 e. The van der Waals surface area contributed by atoms with Gasteiger partial charge in [-0.05, 0) is 57.0 Å². The second-order valence-electron chi connectivity index (χ2n) is 8.50. The number of methoxy groups -OCH3 is 1. The standard InChI is InChI=1S/C27H34N6O2S/c1-6-17-36-27-30-26-28-18(4)23(25(34)29-21-11-9-10-12-22(21)35-5)24(33(26)31-27)19-13-15-20(16-14-19)32(7-2)8-3/h9-16,24H,6-8,17H2,1-5H3,(H,29,34)(H,28,30,31). The summed E-state index contributed by atoms with van der Waals surface area (Å²) in [5.41, 5.74) is 4.06. The number of nitrogens with zero attached hydrogens (tertiary/aromatic N) is 4. The van der Waals surface area contributed by atoms with Crippen molar-refractivity contribution in [2.45, 2.75) is 45.3 Å². The Morgan fingerprint density at radius 3 is 2.53 bits per heavy atom. The van der Waals surface area contributed by atoms with Crippen LogP contribution >= 0.6 is 11.8 Å². The highest BCUT2D eigenvalue weighted by Gasteiger charge is 2.34. The molecular formula is C27H34N6O2S. The number of hydrogen-bond donors (Lipinski definition) is 2. The molecule has 2 N–H and O–H groups in total. The second-order valence-corrected chi connectivity index (χ2v) is 9.56. The first-order valence-corrected chi connectivity index (χ1v) is 13.4. The number of carbonyl (C=O) groups excluding carboxylic acids is 1. The highest BCUT2D eigenvalue weighted by molar-refractivity contribution is 7.99. The van der Waals surface area contributed by atoms with Gasteiger partial charge in [0.2, 0.25) is 11.1 Å². The van der Waals surface area contributed by atoms with E-state index in [9.17, 15) is 4.79 Å². The number of ether oxygens (including phenoxy) is 1. The van der Waals surface area contributed by atoms with Crippen LogP contribution in [0.1, 0.15) is 45.7 Å². The van der Waals surface area contributed by atoms with E-state index in [0.29, 0.717) is 28.1 Å². The van der Waals surface area contributed by atoms with E-state index in [1.54, 1.807) is 18.9 Å². The minimum absolute atomic E-state index is 0.216. The Morgan fingerprint density at radius 1 is 1.14 bits per heavy atom. The average molecular weight is 507 g/mol. The van der Waals surface area contributed by atoms with Gasteiger partial charge < -0.3 is 20.3 Å². The third-order valence-corrected chi connectivity index (χ3v) is 7.25. The lowest BCUT2D eigenvalue weighted by Gasteiger charge is -2.29. The van der Waals surface area contributed by atoms with Crippen LogP contribution in [0.5, 0.6) is 5.75 Å². The Morgan fingerprint density at radius 2 is 1.86 bits per heavy atom. The average Bonchev–Trinajstić information content (AvgIpc) is 3.30. The summed E-state index contributed by atoms with van der Waals surface area (Å²) in [5, 5.41) is 11.8. The number of allylic oxidation sites excluding steroid dienone is 1. The Kier molecular flexibility index (Phi) is 8.20. The maximum atomic E-state index is 13.7. The second kappa shape index (κ2) is 11.5. The number of carbonyl (C=O) groups is 1. The van der Waals surface area contributed by atoms with Crippen molar-refractivity contribution < 1.29 is 9.53 Å². The highest BCUT2D eigenvalue weighted by Crippen LogP contribution is 2.38. The van der Waals surface area contributed by atoms with Crippen LogP contribution in [0.3, 0.4) is 0 Å². The summed E-state index contributed by atoms with van der Waals surface area (Å²) in [5.74, 6) is 1.96. The van der Waals surface area contributed by atoms with Crippen molar-refractivity contribution in [2.75, 3.05) is 41.5 Å². The van der Waals surface area contributed by atoms with Gasteiger partial charge in [0.05, 0.1) is 18.4 Å². The SMILES string of the molecule is CCCSc1nc2n(n1)C(c1ccc(N(CC)CC)cc1)C(C(=O)Nc1ccccc1OC)=C(C)N2. The first-order valence-electron chi connectivity index (χ1n) is 12.4. The maximum absolute atomic E-state index is 13.7. The van der Waals surface area contributed by atoms with Crippen LogP contribution in [0, 0.1) is 0 Å². The summed E-state index contributed by atoms with van der Waals surface area (Å²) in [7, 11) is 1.59. The van der Waals surface area contributed by atoms with Gasteiger partial charge in [-0.15, -0.1) is 5.10 Å². The molecule has 0 saturated carbocycles. The van der Waals surface area contributed by atoms with Crippen molar-refractivity contribution in [3.05, 3.63) is 65.4 Å². The fourth-order valence-electron chi connectivity index (χ4n) is 4.38. The van der Waals surface area contributed by atoms with Gasteiger partial charge in [-0.25, -0.2) is 4.68 Å². The maximum Gasteiger partial charge on any atom is 0.255 e. The molecule has 0 saturated heterocycles. The van der Waals surface area contributed by atoms with Crippen LogP contribution in [-0.2, 0) is 4.79 Å². The lowest BCUT2D eigenvalue weighted by Crippen LogP contribution is -2.31. The van der Waals surface area contributed by atoms with Crippen LogP contribution in [0.2, 0.25) is 0 Å². The van der Waals surface area contributed by atoms with Crippen molar-refractivity contribution in [1.29, 1.82) is 0 Å². The van der Waals surface area contributed by atoms with Crippen LogP contribution in [0.25, 0.3) is 0 Å². The lowest BCUT2D eigenvalue weighted by molar-refractivity contribution is -0.113. The first-order chi connectivity index (χ1) is 17.5.